The molecule has 0 aromatic heterocycles. The van der Waals surface area contributed by atoms with Crippen molar-refractivity contribution in [3.8, 4) is 0 Å². The van der Waals surface area contributed by atoms with Crippen LogP contribution in [0.25, 0.3) is 0 Å². The predicted octanol–water partition coefficient (Wildman–Crippen LogP) is 1.11. The fourth-order valence-electron chi connectivity index (χ4n) is 2.96. The molecule has 2 N–H and O–H groups in total. The van der Waals surface area contributed by atoms with Gasteiger partial charge in [-0.1, -0.05) is 0 Å². The van der Waals surface area contributed by atoms with Gasteiger partial charge < -0.3 is 15.2 Å². The van der Waals surface area contributed by atoms with Crippen molar-refractivity contribution in [3.63, 3.8) is 0 Å². The molecule has 2 heterocycles. The highest BCUT2D eigenvalue weighted by atomic mass is 16.6. The van der Waals surface area contributed by atoms with Gasteiger partial charge in [0, 0.05) is 25.2 Å². The minimum Gasteiger partial charge on any atom is -0.444 e. The largest absolute Gasteiger partial charge is 0.444 e. The first-order valence-corrected chi connectivity index (χ1v) is 6.78. The smallest absolute Gasteiger partial charge is 0.410 e. The summed E-state index contributed by atoms with van der Waals surface area (Å²) in [4.78, 5) is 14.1. The van der Waals surface area contributed by atoms with Crippen LogP contribution in [0.4, 0.5) is 4.79 Å². The fraction of sp³-hybridized carbons (Fsp3) is 0.923. The van der Waals surface area contributed by atoms with Crippen molar-refractivity contribution < 1.29 is 14.6 Å². The summed E-state index contributed by atoms with van der Waals surface area (Å²) >= 11 is 0. The molecule has 0 spiro atoms. The van der Waals surface area contributed by atoms with Gasteiger partial charge in [0.1, 0.15) is 5.60 Å². The monoisotopic (exact) mass is 256 g/mol. The van der Waals surface area contributed by atoms with Gasteiger partial charge in [-0.3, -0.25) is 4.90 Å². The van der Waals surface area contributed by atoms with E-state index in [1.165, 1.54) is 0 Å². The van der Waals surface area contributed by atoms with Gasteiger partial charge in [0.05, 0.1) is 6.04 Å². The van der Waals surface area contributed by atoms with Crippen LogP contribution in [0, 0.1) is 0 Å². The summed E-state index contributed by atoms with van der Waals surface area (Å²) in [6.07, 6.45) is 2.51. The first-order valence-electron chi connectivity index (χ1n) is 6.78. The van der Waals surface area contributed by atoms with E-state index in [1.807, 2.05) is 25.7 Å². The van der Waals surface area contributed by atoms with Crippen LogP contribution < -0.4 is 5.32 Å². The molecule has 0 radical (unpaired) electrons. The molecule has 5 nitrogen and oxygen atoms in total. The van der Waals surface area contributed by atoms with E-state index in [1.54, 1.807) is 0 Å². The molecule has 0 aromatic rings. The van der Waals surface area contributed by atoms with Crippen molar-refractivity contribution in [1.82, 2.24) is 10.2 Å². The number of aliphatic hydroxyl groups excluding tert-OH is 1. The highest BCUT2D eigenvalue weighted by Gasteiger charge is 2.45. The summed E-state index contributed by atoms with van der Waals surface area (Å²) in [6, 6.07) is 0.617. The van der Waals surface area contributed by atoms with Crippen molar-refractivity contribution in [2.45, 2.75) is 63.8 Å². The molecule has 18 heavy (non-hydrogen) atoms. The first-order chi connectivity index (χ1) is 8.42. The Morgan fingerprint density at radius 1 is 1.44 bits per heavy atom. The average Bonchev–Trinajstić information content (AvgIpc) is 2.56. The number of rotatable bonds is 2. The van der Waals surface area contributed by atoms with E-state index in [9.17, 15) is 4.79 Å². The lowest BCUT2D eigenvalue weighted by atomic mass is 10.0. The highest BCUT2D eigenvalue weighted by Crippen LogP contribution is 2.32. The van der Waals surface area contributed by atoms with Crippen molar-refractivity contribution in [2.24, 2.45) is 0 Å². The molecular weight excluding hydrogens is 232 g/mol. The number of nitrogens with one attached hydrogen (secondary N) is 1. The van der Waals surface area contributed by atoms with E-state index in [4.69, 9.17) is 9.84 Å². The predicted molar refractivity (Wildman–Crippen MR) is 68.4 cm³/mol. The number of piperazine rings is 1. The Balaban J connectivity index is 2.05. The lowest BCUT2D eigenvalue weighted by Gasteiger charge is -2.41. The molecule has 2 aliphatic rings. The molecule has 3 atom stereocenters. The Labute approximate surface area is 108 Å². The topological polar surface area (TPSA) is 61.8 Å². The van der Waals surface area contributed by atoms with Gasteiger partial charge >= 0.3 is 6.09 Å². The van der Waals surface area contributed by atoms with E-state index in [2.05, 4.69) is 5.32 Å². The van der Waals surface area contributed by atoms with E-state index in [0.29, 0.717) is 6.42 Å². The molecular formula is C13H24N2O3. The zero-order chi connectivity index (χ0) is 13.3. The molecule has 0 aliphatic carbocycles. The zero-order valence-corrected chi connectivity index (χ0v) is 11.5. The van der Waals surface area contributed by atoms with Gasteiger partial charge in [0.2, 0.25) is 0 Å². The lowest BCUT2D eigenvalue weighted by Crippen LogP contribution is -2.60. The first kappa shape index (κ1) is 13.6. The van der Waals surface area contributed by atoms with Crippen LogP contribution in [0.1, 0.15) is 40.0 Å². The van der Waals surface area contributed by atoms with Crippen LogP contribution in [-0.2, 0) is 4.74 Å². The quantitative estimate of drug-likeness (QED) is 0.777. The maximum absolute atomic E-state index is 12.2. The Morgan fingerprint density at radius 2 is 2.17 bits per heavy atom. The second-order valence-corrected chi connectivity index (χ2v) is 6.21. The minimum atomic E-state index is -0.451. The Kier molecular flexibility index (Phi) is 3.82. The van der Waals surface area contributed by atoms with Gasteiger partial charge in [-0.15, -0.1) is 0 Å². The fourth-order valence-corrected chi connectivity index (χ4v) is 2.96. The van der Waals surface area contributed by atoms with E-state index < -0.39 is 5.60 Å². The number of hydrogen-bond acceptors (Lipinski definition) is 4. The molecule has 2 saturated heterocycles. The number of hydrogen-bond donors (Lipinski definition) is 2. The SMILES string of the molecule is CC(C)(C)OC(=O)N1[C@@H]2CC[C@H]1[C@@H](CCO)NC2. The van der Waals surface area contributed by atoms with E-state index >= 15 is 0 Å². The standard InChI is InChI=1S/C13H24N2O3/c1-13(2,3)18-12(17)15-9-4-5-11(15)10(6-7-16)14-8-9/h9-11,14,16H,4-8H2,1-3H3/t9-,10-,11+/m1/s1. The molecule has 1 amide bonds. The van der Waals surface area contributed by atoms with Gasteiger partial charge in [-0.25, -0.2) is 4.79 Å². The van der Waals surface area contributed by atoms with Crippen LogP contribution in [0.15, 0.2) is 0 Å². The van der Waals surface area contributed by atoms with Crippen molar-refractivity contribution >= 4 is 6.09 Å². The number of carbonyl (C=O) groups is 1. The summed E-state index contributed by atoms with van der Waals surface area (Å²) < 4.78 is 5.48. The Morgan fingerprint density at radius 3 is 2.78 bits per heavy atom. The second-order valence-electron chi connectivity index (χ2n) is 6.21. The number of aliphatic hydroxyl groups is 1. The highest BCUT2D eigenvalue weighted by molar-refractivity contribution is 5.70. The third kappa shape index (κ3) is 2.78. The average molecular weight is 256 g/mol. The lowest BCUT2D eigenvalue weighted by molar-refractivity contribution is 0.00267. The third-order valence-electron chi connectivity index (χ3n) is 3.67. The molecule has 2 rings (SSSR count). The number of carbonyl (C=O) groups excluding carboxylic acids is 1. The van der Waals surface area contributed by atoms with Gasteiger partial charge in [-0.05, 0) is 40.0 Å². The van der Waals surface area contributed by atoms with Crippen molar-refractivity contribution in [1.29, 1.82) is 0 Å². The summed E-state index contributed by atoms with van der Waals surface area (Å²) in [6.45, 7) is 6.63. The summed E-state index contributed by atoms with van der Waals surface area (Å²) in [7, 11) is 0. The zero-order valence-electron chi connectivity index (χ0n) is 11.5. The molecule has 2 bridgehead atoms. The van der Waals surface area contributed by atoms with Crippen LogP contribution >= 0.6 is 0 Å². The molecule has 0 saturated carbocycles. The maximum atomic E-state index is 12.2. The van der Waals surface area contributed by atoms with Crippen molar-refractivity contribution in [2.75, 3.05) is 13.2 Å². The normalized spacial score (nSPS) is 31.6. The summed E-state index contributed by atoms with van der Waals surface area (Å²) in [5.74, 6) is 0. The maximum Gasteiger partial charge on any atom is 0.410 e. The molecule has 0 aromatic carbocycles. The molecule has 5 heteroatoms. The van der Waals surface area contributed by atoms with E-state index in [-0.39, 0.29) is 30.8 Å². The number of fused-ring (bicyclic) bond motifs is 2. The molecule has 2 aliphatic heterocycles. The molecule has 104 valence electrons. The number of nitrogens with zero attached hydrogens (tertiary/aromatic N) is 1. The van der Waals surface area contributed by atoms with Crippen LogP contribution in [0.2, 0.25) is 0 Å². The number of amides is 1. The van der Waals surface area contributed by atoms with Crippen LogP contribution in [0.3, 0.4) is 0 Å². The van der Waals surface area contributed by atoms with Gasteiger partial charge in [0.15, 0.2) is 0 Å². The molecule has 2 fully saturated rings. The Hall–Kier alpha value is -0.810. The molecule has 0 unspecified atom stereocenters. The number of ether oxygens (including phenoxy) is 1. The van der Waals surface area contributed by atoms with Gasteiger partial charge in [0.25, 0.3) is 0 Å². The van der Waals surface area contributed by atoms with E-state index in [0.717, 1.165) is 19.4 Å². The van der Waals surface area contributed by atoms with Crippen molar-refractivity contribution in [3.05, 3.63) is 0 Å². The Bertz CT molecular complexity index is 314. The second kappa shape index (κ2) is 5.05. The minimum absolute atomic E-state index is 0.154. The summed E-state index contributed by atoms with van der Waals surface area (Å²) in [5, 5.41) is 12.5. The summed E-state index contributed by atoms with van der Waals surface area (Å²) in [5.41, 5.74) is -0.451. The third-order valence-corrected chi connectivity index (χ3v) is 3.67. The van der Waals surface area contributed by atoms with Crippen LogP contribution in [0.5, 0.6) is 0 Å². The van der Waals surface area contributed by atoms with Gasteiger partial charge in [-0.2, -0.15) is 0 Å². The van der Waals surface area contributed by atoms with Crippen LogP contribution in [-0.4, -0.2) is 53.0 Å².